The molecule has 0 saturated carbocycles. The summed E-state index contributed by atoms with van der Waals surface area (Å²) in [4.78, 5) is 21.3. The Balaban J connectivity index is 0.00000243. The van der Waals surface area contributed by atoms with Crippen LogP contribution in [0.1, 0.15) is 29.9 Å². The topological polar surface area (TPSA) is 64.1 Å². The van der Waals surface area contributed by atoms with Crippen molar-refractivity contribution in [2.75, 3.05) is 5.32 Å². The van der Waals surface area contributed by atoms with Gasteiger partial charge in [-0.1, -0.05) is 0 Å². The first-order valence-corrected chi connectivity index (χ1v) is 9.02. The van der Waals surface area contributed by atoms with Gasteiger partial charge in [0.05, 0.1) is 11.8 Å². The Kier molecular flexibility index (Phi) is 6.77. The van der Waals surface area contributed by atoms with Crippen LogP contribution in [-0.4, -0.2) is 22.0 Å². The molecule has 136 valence electrons. The number of hydrogen-bond acceptors (Lipinski definition) is 5. The summed E-state index contributed by atoms with van der Waals surface area (Å²) in [7, 11) is 0. The van der Waals surface area contributed by atoms with E-state index < -0.39 is 5.97 Å². The molecule has 0 amide bonds. The molecule has 0 aliphatic rings. The zero-order chi connectivity index (χ0) is 18.0. The fourth-order valence-corrected chi connectivity index (χ4v) is 2.78. The molecule has 0 unspecified atom stereocenters. The predicted molar refractivity (Wildman–Crippen MR) is 115 cm³/mol. The van der Waals surface area contributed by atoms with Crippen LogP contribution in [0.3, 0.4) is 0 Å². The van der Waals surface area contributed by atoms with Crippen LogP contribution in [0.2, 0.25) is 0 Å². The molecule has 3 rings (SSSR count). The standard InChI is InChI=1S/C19H18IN3O2.ClH/c1-11(2)25-19(24)16-10-21-18-15(9-4-12(3)22-18)17(16)23-14-7-5-13(20)6-8-14;/h4-11H,1-3H3,(H,21,22,23);1H. The highest BCUT2D eigenvalue weighted by molar-refractivity contribution is 14.1. The van der Waals surface area contributed by atoms with Gasteiger partial charge in [0.25, 0.3) is 0 Å². The normalized spacial score (nSPS) is 10.5. The Morgan fingerprint density at radius 2 is 1.85 bits per heavy atom. The van der Waals surface area contributed by atoms with Crippen LogP contribution in [0.15, 0.2) is 42.6 Å². The zero-order valence-electron chi connectivity index (χ0n) is 14.6. The number of esters is 1. The highest BCUT2D eigenvalue weighted by Crippen LogP contribution is 2.29. The molecule has 1 aromatic carbocycles. The number of ether oxygens (including phenoxy) is 1. The van der Waals surface area contributed by atoms with E-state index in [1.54, 1.807) is 0 Å². The molecule has 0 aliphatic carbocycles. The van der Waals surface area contributed by atoms with E-state index in [4.69, 9.17) is 4.74 Å². The van der Waals surface area contributed by atoms with E-state index in [2.05, 4.69) is 37.9 Å². The van der Waals surface area contributed by atoms with Gasteiger partial charge in [0.1, 0.15) is 5.56 Å². The number of nitrogens with zero attached hydrogens (tertiary/aromatic N) is 2. The van der Waals surface area contributed by atoms with Crippen molar-refractivity contribution in [2.24, 2.45) is 0 Å². The summed E-state index contributed by atoms with van der Waals surface area (Å²) in [6.07, 6.45) is 1.32. The summed E-state index contributed by atoms with van der Waals surface area (Å²) in [5.41, 5.74) is 3.40. The number of rotatable bonds is 4. The summed E-state index contributed by atoms with van der Waals surface area (Å²) in [6, 6.07) is 11.8. The molecule has 1 N–H and O–H groups in total. The Morgan fingerprint density at radius 3 is 2.50 bits per heavy atom. The van der Waals surface area contributed by atoms with E-state index in [1.807, 2.05) is 57.2 Å². The number of fused-ring (bicyclic) bond motifs is 1. The Morgan fingerprint density at radius 1 is 1.15 bits per heavy atom. The second kappa shape index (κ2) is 8.64. The van der Waals surface area contributed by atoms with Crippen molar-refractivity contribution in [1.29, 1.82) is 0 Å². The number of aryl methyl sites for hydroxylation is 1. The van der Waals surface area contributed by atoms with Crippen molar-refractivity contribution >= 4 is 63.4 Å². The van der Waals surface area contributed by atoms with Gasteiger partial charge in [0.2, 0.25) is 0 Å². The third-order valence-corrected chi connectivity index (χ3v) is 4.26. The van der Waals surface area contributed by atoms with Crippen LogP contribution in [0.25, 0.3) is 11.0 Å². The van der Waals surface area contributed by atoms with Gasteiger partial charge in [-0.3, -0.25) is 0 Å². The lowest BCUT2D eigenvalue weighted by molar-refractivity contribution is 0.0379. The van der Waals surface area contributed by atoms with Crippen LogP contribution in [0.4, 0.5) is 11.4 Å². The number of pyridine rings is 2. The second-order valence-electron chi connectivity index (χ2n) is 5.96. The average Bonchev–Trinajstić information content (AvgIpc) is 2.56. The van der Waals surface area contributed by atoms with Crippen molar-refractivity contribution in [3.8, 4) is 0 Å². The minimum Gasteiger partial charge on any atom is -0.459 e. The maximum atomic E-state index is 12.5. The lowest BCUT2D eigenvalue weighted by Gasteiger charge is -2.15. The van der Waals surface area contributed by atoms with Gasteiger partial charge >= 0.3 is 5.97 Å². The van der Waals surface area contributed by atoms with Crippen LogP contribution >= 0.6 is 35.0 Å². The number of nitrogens with one attached hydrogen (secondary N) is 1. The molecule has 7 heteroatoms. The molecular formula is C19H19ClIN3O2. The first-order valence-electron chi connectivity index (χ1n) is 7.94. The third kappa shape index (κ3) is 4.62. The van der Waals surface area contributed by atoms with Crippen LogP contribution in [0.5, 0.6) is 0 Å². The summed E-state index contributed by atoms with van der Waals surface area (Å²) >= 11 is 2.25. The molecule has 0 bridgehead atoms. The second-order valence-corrected chi connectivity index (χ2v) is 7.20. The van der Waals surface area contributed by atoms with E-state index in [1.165, 1.54) is 6.20 Å². The summed E-state index contributed by atoms with van der Waals surface area (Å²) in [5.74, 6) is -0.405. The van der Waals surface area contributed by atoms with Crippen LogP contribution < -0.4 is 5.32 Å². The zero-order valence-corrected chi connectivity index (χ0v) is 17.6. The first kappa shape index (κ1) is 20.4. The van der Waals surface area contributed by atoms with Crippen molar-refractivity contribution in [1.82, 2.24) is 9.97 Å². The van der Waals surface area contributed by atoms with E-state index in [0.717, 1.165) is 20.3 Å². The van der Waals surface area contributed by atoms with E-state index in [0.29, 0.717) is 16.9 Å². The number of aromatic nitrogens is 2. The number of halogens is 2. The van der Waals surface area contributed by atoms with Crippen molar-refractivity contribution in [2.45, 2.75) is 26.9 Å². The van der Waals surface area contributed by atoms with E-state index in [-0.39, 0.29) is 18.5 Å². The summed E-state index contributed by atoms with van der Waals surface area (Å²) in [5, 5.41) is 4.11. The number of hydrogen-bond donors (Lipinski definition) is 1. The average molecular weight is 484 g/mol. The molecule has 3 aromatic rings. The number of benzene rings is 1. The van der Waals surface area contributed by atoms with Gasteiger partial charge in [0.15, 0.2) is 5.65 Å². The third-order valence-electron chi connectivity index (χ3n) is 3.55. The van der Waals surface area contributed by atoms with E-state index in [9.17, 15) is 4.79 Å². The van der Waals surface area contributed by atoms with Gasteiger partial charge in [-0.2, -0.15) is 0 Å². The van der Waals surface area contributed by atoms with Gasteiger partial charge in [-0.15, -0.1) is 12.4 Å². The monoisotopic (exact) mass is 483 g/mol. The fourth-order valence-electron chi connectivity index (χ4n) is 2.42. The first-order chi connectivity index (χ1) is 11.9. The van der Waals surface area contributed by atoms with Crippen LogP contribution in [-0.2, 0) is 4.74 Å². The largest absolute Gasteiger partial charge is 0.459 e. The molecule has 0 radical (unpaired) electrons. The molecule has 2 aromatic heterocycles. The minimum absolute atomic E-state index is 0. The molecule has 0 fully saturated rings. The van der Waals surface area contributed by atoms with Gasteiger partial charge in [-0.25, -0.2) is 14.8 Å². The maximum Gasteiger partial charge on any atom is 0.342 e. The molecule has 26 heavy (non-hydrogen) atoms. The number of carbonyl (C=O) groups excluding carboxylic acids is 1. The quantitative estimate of drug-likeness (QED) is 0.404. The Labute approximate surface area is 172 Å². The summed E-state index contributed by atoms with van der Waals surface area (Å²) < 4.78 is 6.50. The number of carbonyl (C=O) groups is 1. The van der Waals surface area contributed by atoms with Crippen molar-refractivity contribution in [3.63, 3.8) is 0 Å². The molecule has 0 spiro atoms. The Hall–Kier alpha value is -1.93. The predicted octanol–water partition coefficient (Wildman–Crippen LogP) is 5.27. The highest BCUT2D eigenvalue weighted by Gasteiger charge is 2.18. The Bertz CT molecular complexity index is 930. The molecule has 0 aliphatic heterocycles. The SMILES string of the molecule is Cc1ccc2c(Nc3ccc(I)cc3)c(C(=O)OC(C)C)cnc2n1.Cl. The van der Waals surface area contributed by atoms with Gasteiger partial charge < -0.3 is 10.1 Å². The van der Waals surface area contributed by atoms with Crippen LogP contribution in [0, 0.1) is 10.5 Å². The fraction of sp³-hybridized carbons (Fsp3) is 0.211. The van der Waals surface area contributed by atoms with E-state index >= 15 is 0 Å². The van der Waals surface area contributed by atoms with Crippen molar-refractivity contribution in [3.05, 3.63) is 57.4 Å². The summed E-state index contributed by atoms with van der Waals surface area (Å²) in [6.45, 7) is 5.56. The van der Waals surface area contributed by atoms with Crippen molar-refractivity contribution < 1.29 is 9.53 Å². The minimum atomic E-state index is -0.405. The molecular weight excluding hydrogens is 465 g/mol. The molecule has 2 heterocycles. The smallest absolute Gasteiger partial charge is 0.342 e. The van der Waals surface area contributed by atoms with Gasteiger partial charge in [-0.05, 0) is 79.8 Å². The molecule has 0 saturated heterocycles. The maximum absolute atomic E-state index is 12.5. The molecule has 0 atom stereocenters. The number of anilines is 2. The lowest BCUT2D eigenvalue weighted by atomic mass is 10.1. The molecule has 5 nitrogen and oxygen atoms in total. The van der Waals surface area contributed by atoms with Gasteiger partial charge in [0, 0.05) is 26.5 Å². The lowest BCUT2D eigenvalue weighted by Crippen LogP contribution is -2.14. The highest BCUT2D eigenvalue weighted by atomic mass is 127.